The van der Waals surface area contributed by atoms with E-state index >= 15 is 0 Å². The first-order valence-corrected chi connectivity index (χ1v) is 40.8. The zero-order valence-corrected chi connectivity index (χ0v) is 63.0. The summed E-state index contributed by atoms with van der Waals surface area (Å²) in [7, 11) is -9.96. The minimum atomic E-state index is -4.99. The van der Waals surface area contributed by atoms with Crippen molar-refractivity contribution in [3.05, 3.63) is 122 Å². The van der Waals surface area contributed by atoms with Gasteiger partial charge in [0.25, 0.3) is 0 Å². The molecule has 5 atom stereocenters. The first-order valence-electron chi connectivity index (χ1n) is 37.8. The smallest absolute Gasteiger partial charge is 0.462 e. The van der Waals surface area contributed by atoms with Crippen LogP contribution in [0.5, 0.6) is 0 Å². The van der Waals surface area contributed by atoms with Gasteiger partial charge in [-0.25, -0.2) is 9.13 Å². The molecule has 98 heavy (non-hydrogen) atoms. The molecule has 562 valence electrons. The highest BCUT2D eigenvalue weighted by Crippen LogP contribution is 2.45. The number of aliphatic hydroxyl groups is 1. The van der Waals surface area contributed by atoms with Crippen molar-refractivity contribution in [2.24, 2.45) is 0 Å². The van der Waals surface area contributed by atoms with Crippen molar-refractivity contribution in [1.29, 1.82) is 0 Å². The van der Waals surface area contributed by atoms with Crippen molar-refractivity contribution < 1.29 is 80.2 Å². The third-order valence-electron chi connectivity index (χ3n) is 15.4. The molecule has 0 bridgehead atoms. The van der Waals surface area contributed by atoms with E-state index in [4.69, 9.17) is 37.0 Å². The van der Waals surface area contributed by atoms with Crippen LogP contribution in [0.15, 0.2) is 122 Å². The quantitative estimate of drug-likeness (QED) is 0.0169. The SMILES string of the molecule is CC/C=C\C/C=C\C/C=C\C/C=C\CCCCCCC(=O)OCC(COP(=O)(O)OCC(O)COP(=O)(O)OCC(COC(=O)CCCCCCC/C=C\C/C=C\C/C=C\CC)OC(=O)CCCCCCCCCCCCC)OC(=O)CCCCCCC/C=C\C/C=C\C/C=C\CC. The van der Waals surface area contributed by atoms with Crippen LogP contribution in [0.25, 0.3) is 0 Å². The number of ether oxygens (including phenoxy) is 4. The molecule has 17 nitrogen and oxygen atoms in total. The monoisotopic (exact) mass is 1420 g/mol. The molecule has 3 N–H and O–H groups in total. The van der Waals surface area contributed by atoms with Crippen molar-refractivity contribution in [2.75, 3.05) is 39.6 Å². The second kappa shape index (κ2) is 70.9. The van der Waals surface area contributed by atoms with Gasteiger partial charge in [-0.3, -0.25) is 37.3 Å². The van der Waals surface area contributed by atoms with Crippen molar-refractivity contribution in [1.82, 2.24) is 0 Å². The summed E-state index contributed by atoms with van der Waals surface area (Å²) in [6.07, 6.45) is 76.2. The third kappa shape index (κ3) is 69.9. The molecule has 0 spiro atoms. The summed E-state index contributed by atoms with van der Waals surface area (Å²) in [5.41, 5.74) is 0. The van der Waals surface area contributed by atoms with E-state index in [2.05, 4.69) is 149 Å². The Labute approximate surface area is 593 Å². The van der Waals surface area contributed by atoms with E-state index in [1.807, 2.05) is 0 Å². The summed E-state index contributed by atoms with van der Waals surface area (Å²) < 4.78 is 68.4. The lowest BCUT2D eigenvalue weighted by Gasteiger charge is -2.21. The number of phosphoric acid groups is 2. The molecule has 0 aromatic heterocycles. The van der Waals surface area contributed by atoms with Crippen molar-refractivity contribution in [2.45, 2.75) is 316 Å². The minimum Gasteiger partial charge on any atom is -0.462 e. The maximum atomic E-state index is 13.1. The lowest BCUT2D eigenvalue weighted by atomic mass is 10.1. The highest BCUT2D eigenvalue weighted by Gasteiger charge is 2.30. The number of unbranched alkanes of at least 4 members (excludes halogenated alkanes) is 24. The summed E-state index contributed by atoms with van der Waals surface area (Å²) >= 11 is 0. The summed E-state index contributed by atoms with van der Waals surface area (Å²) in [5, 5.41) is 10.6. The highest BCUT2D eigenvalue weighted by molar-refractivity contribution is 7.47. The molecule has 0 aliphatic heterocycles. The molecule has 0 heterocycles. The number of hydrogen-bond donors (Lipinski definition) is 3. The topological polar surface area (TPSA) is 237 Å². The Kier molecular flexibility index (Phi) is 67.6. The predicted molar refractivity (Wildman–Crippen MR) is 399 cm³/mol. The van der Waals surface area contributed by atoms with Crippen molar-refractivity contribution in [3.63, 3.8) is 0 Å². The third-order valence-corrected chi connectivity index (χ3v) is 17.3. The summed E-state index contributed by atoms with van der Waals surface area (Å²) in [4.78, 5) is 72.8. The van der Waals surface area contributed by atoms with Crippen molar-refractivity contribution >= 4 is 39.5 Å². The molecule has 5 unspecified atom stereocenters. The summed E-state index contributed by atoms with van der Waals surface area (Å²) in [5.74, 6) is -2.23. The molecule has 19 heteroatoms. The van der Waals surface area contributed by atoms with Gasteiger partial charge in [-0.2, -0.15) is 0 Å². The second-order valence-corrected chi connectivity index (χ2v) is 27.7. The molecule has 0 saturated heterocycles. The molecule has 0 fully saturated rings. The van der Waals surface area contributed by atoms with Gasteiger partial charge >= 0.3 is 39.5 Å². The van der Waals surface area contributed by atoms with Gasteiger partial charge in [0, 0.05) is 25.7 Å². The average molecular weight is 1420 g/mol. The number of carbonyl (C=O) groups is 4. The van der Waals surface area contributed by atoms with E-state index in [0.717, 1.165) is 180 Å². The first kappa shape index (κ1) is 93.5. The zero-order chi connectivity index (χ0) is 71.8. The van der Waals surface area contributed by atoms with Crippen LogP contribution in [0, 0.1) is 0 Å². The van der Waals surface area contributed by atoms with Gasteiger partial charge in [0.1, 0.15) is 19.3 Å². The maximum Gasteiger partial charge on any atom is 0.472 e. The van der Waals surface area contributed by atoms with Crippen LogP contribution in [0.3, 0.4) is 0 Å². The summed E-state index contributed by atoms with van der Waals surface area (Å²) in [6.45, 7) is 4.46. The number of aliphatic hydroxyl groups excluding tert-OH is 1. The Bertz CT molecular complexity index is 2340. The molecule has 0 aliphatic rings. The Morgan fingerprint density at radius 2 is 0.531 bits per heavy atom. The van der Waals surface area contributed by atoms with Crippen LogP contribution < -0.4 is 0 Å². The number of carbonyl (C=O) groups excluding carboxylic acids is 4. The molecule has 0 amide bonds. The fourth-order valence-electron chi connectivity index (χ4n) is 9.77. The van der Waals surface area contributed by atoms with Crippen LogP contribution in [0.4, 0.5) is 0 Å². The van der Waals surface area contributed by atoms with Crippen LogP contribution in [-0.2, 0) is 65.4 Å². The molecule has 0 rings (SSSR count). The van der Waals surface area contributed by atoms with Crippen LogP contribution in [0.1, 0.15) is 297 Å². The highest BCUT2D eigenvalue weighted by atomic mass is 31.2. The zero-order valence-electron chi connectivity index (χ0n) is 61.2. The Balaban J connectivity index is 5.37. The number of rotatable bonds is 70. The van der Waals surface area contributed by atoms with E-state index in [9.17, 15) is 43.2 Å². The molecule has 0 aromatic rings. The predicted octanol–water partition coefficient (Wildman–Crippen LogP) is 21.6. The normalized spacial score (nSPS) is 14.6. The number of esters is 4. The molecule has 0 aromatic carbocycles. The Hall–Kier alpha value is -4.54. The van der Waals surface area contributed by atoms with Gasteiger partial charge in [-0.05, 0) is 128 Å². The molecule has 0 aliphatic carbocycles. The van der Waals surface area contributed by atoms with Gasteiger partial charge < -0.3 is 33.8 Å². The lowest BCUT2D eigenvalue weighted by Crippen LogP contribution is -2.30. The first-order chi connectivity index (χ1) is 47.7. The Morgan fingerprint density at radius 1 is 0.296 bits per heavy atom. The van der Waals surface area contributed by atoms with Gasteiger partial charge in [0.2, 0.25) is 0 Å². The van der Waals surface area contributed by atoms with E-state index in [0.29, 0.717) is 25.7 Å². The number of allylic oxidation sites excluding steroid dienone is 20. The van der Waals surface area contributed by atoms with E-state index < -0.39 is 97.5 Å². The van der Waals surface area contributed by atoms with Crippen LogP contribution >= 0.6 is 15.6 Å². The largest absolute Gasteiger partial charge is 0.472 e. The molecular formula is C79H134O17P2. The molecule has 0 radical (unpaired) electrons. The lowest BCUT2D eigenvalue weighted by molar-refractivity contribution is -0.161. The Morgan fingerprint density at radius 3 is 0.816 bits per heavy atom. The van der Waals surface area contributed by atoms with E-state index in [-0.39, 0.29) is 25.7 Å². The van der Waals surface area contributed by atoms with Gasteiger partial charge in [0.05, 0.1) is 26.4 Å². The average Bonchev–Trinajstić information content (AvgIpc) is 0.986. The van der Waals surface area contributed by atoms with Gasteiger partial charge in [0.15, 0.2) is 12.2 Å². The fraction of sp³-hybridized carbons (Fsp3) is 0.696. The van der Waals surface area contributed by atoms with Gasteiger partial charge in [-0.15, -0.1) is 0 Å². The molecule has 0 saturated carbocycles. The standard InChI is InChI=1S/C79H134O17P2/c1-5-9-13-17-21-25-29-32-35-36-39-41-45-48-52-56-60-64-77(82)90-70-75(96-79(84)66-62-58-54-50-46-42-38-34-31-27-23-19-15-11-7-3)72-94-98(87,88)92-68-73(80)67-91-97(85,86)93-71-74(95-78(83)65-61-57-53-49-43-28-24-20-16-12-8-4)69-89-76(81)63-59-55-51-47-44-40-37-33-30-26-22-18-14-10-6-2/h9-11,13-15,21-23,25-27,32-35,37-39,41,73-75,80H,5-8,12,16-20,24,28-31,36,40,42-72H2,1-4H3,(H,85,86)(H,87,88)/b13-9-,14-10-,15-11-,25-21-,26-22-,27-23-,35-32-,37-33-,38-34-,41-39-. The second-order valence-electron chi connectivity index (χ2n) is 24.8. The van der Waals surface area contributed by atoms with Gasteiger partial charge in [-0.1, -0.05) is 265 Å². The van der Waals surface area contributed by atoms with Crippen LogP contribution in [0.2, 0.25) is 0 Å². The maximum absolute atomic E-state index is 13.1. The number of phosphoric ester groups is 2. The van der Waals surface area contributed by atoms with E-state index in [1.54, 1.807) is 0 Å². The van der Waals surface area contributed by atoms with Crippen LogP contribution in [-0.4, -0.2) is 96.7 Å². The molecular weight excluding hydrogens is 1280 g/mol. The fourth-order valence-corrected chi connectivity index (χ4v) is 11.3. The summed E-state index contributed by atoms with van der Waals surface area (Å²) in [6, 6.07) is 0. The van der Waals surface area contributed by atoms with Crippen molar-refractivity contribution in [3.8, 4) is 0 Å². The minimum absolute atomic E-state index is 0.0674. The van der Waals surface area contributed by atoms with E-state index in [1.165, 1.54) is 38.5 Å². The number of hydrogen-bond acceptors (Lipinski definition) is 15.